The lowest BCUT2D eigenvalue weighted by Crippen LogP contribution is -2.02. The lowest BCUT2D eigenvalue weighted by molar-refractivity contribution is 0.0993. The molecular weight excluding hydrogens is 192 g/mol. The molecule has 15 heavy (non-hydrogen) atoms. The number of ether oxygens (including phenoxy) is 2. The zero-order chi connectivity index (χ0) is 10.4. The molecule has 1 heterocycles. The highest BCUT2D eigenvalue weighted by molar-refractivity contribution is 6.00. The molecule has 1 aliphatic carbocycles. The number of carbonyl (C=O) groups excluding carboxylic acids is 1. The van der Waals surface area contributed by atoms with Gasteiger partial charge in [-0.15, -0.1) is 0 Å². The second-order valence-corrected chi connectivity index (χ2v) is 4.07. The normalized spacial score (nSPS) is 27.7. The highest BCUT2D eigenvalue weighted by Crippen LogP contribution is 2.30. The molecule has 2 unspecified atom stereocenters. The Morgan fingerprint density at radius 1 is 1.40 bits per heavy atom. The van der Waals surface area contributed by atoms with Crippen molar-refractivity contribution in [1.82, 2.24) is 0 Å². The van der Waals surface area contributed by atoms with Gasteiger partial charge in [-0.1, -0.05) is 6.07 Å². The Hall–Kier alpha value is -1.35. The molecule has 78 valence electrons. The number of Topliss-reactive ketones (excluding diaryl/α,β-unsaturated/α-hetero) is 1. The number of benzene rings is 1. The zero-order valence-electron chi connectivity index (χ0n) is 8.53. The maximum Gasteiger partial charge on any atom is 0.226 e. The predicted molar refractivity (Wildman–Crippen MR) is 54.1 cm³/mol. The van der Waals surface area contributed by atoms with Gasteiger partial charge in [0.25, 0.3) is 0 Å². The number of hydrogen-bond donors (Lipinski definition) is 0. The van der Waals surface area contributed by atoms with E-state index in [4.69, 9.17) is 9.47 Å². The number of rotatable bonds is 2. The quantitative estimate of drug-likeness (QED) is 0.691. The zero-order valence-corrected chi connectivity index (χ0v) is 8.53. The minimum Gasteiger partial charge on any atom is -0.462 e. The average molecular weight is 204 g/mol. The van der Waals surface area contributed by atoms with Crippen LogP contribution in [0.4, 0.5) is 0 Å². The number of ketones is 1. The van der Waals surface area contributed by atoms with Gasteiger partial charge in [0.2, 0.25) is 6.29 Å². The summed E-state index contributed by atoms with van der Waals surface area (Å²) in [5.74, 6) is 0.957. The third-order valence-electron chi connectivity index (χ3n) is 2.91. The van der Waals surface area contributed by atoms with E-state index in [-0.39, 0.29) is 18.2 Å². The second-order valence-electron chi connectivity index (χ2n) is 4.07. The number of aryl methyl sites for hydroxylation is 1. The predicted octanol–water partition coefficient (Wildman–Crippen LogP) is 1.94. The summed E-state index contributed by atoms with van der Waals surface area (Å²) in [5.41, 5.74) is 1.96. The average Bonchev–Trinajstić information content (AvgIpc) is 2.78. The number of carbonyl (C=O) groups is 1. The van der Waals surface area contributed by atoms with Gasteiger partial charge in [0, 0.05) is 12.0 Å². The van der Waals surface area contributed by atoms with Crippen LogP contribution in [-0.4, -0.2) is 18.2 Å². The summed E-state index contributed by atoms with van der Waals surface area (Å²) in [6.07, 6.45) is 1.55. The van der Waals surface area contributed by atoms with Gasteiger partial charge in [-0.3, -0.25) is 4.79 Å². The first-order chi connectivity index (χ1) is 7.24. The fourth-order valence-electron chi connectivity index (χ4n) is 1.91. The Morgan fingerprint density at radius 2 is 2.20 bits per heavy atom. The van der Waals surface area contributed by atoms with Crippen LogP contribution in [0, 0.1) is 0 Å². The molecule has 1 fully saturated rings. The smallest absolute Gasteiger partial charge is 0.226 e. The highest BCUT2D eigenvalue weighted by atomic mass is 16.8. The minimum atomic E-state index is -0.125. The van der Waals surface area contributed by atoms with Gasteiger partial charge in [0.15, 0.2) is 5.78 Å². The molecule has 0 amide bonds. The van der Waals surface area contributed by atoms with Crippen molar-refractivity contribution < 1.29 is 14.3 Å². The number of hydrogen-bond acceptors (Lipinski definition) is 3. The molecule has 3 heteroatoms. The van der Waals surface area contributed by atoms with Gasteiger partial charge in [-0.2, -0.15) is 0 Å². The standard InChI is InChI=1S/C12H12O3/c1-7-12(14-7)15-9-4-2-8-3-5-11(13)10(8)6-9/h2,4,6-7,12H,3,5H2,1H3. The molecular formula is C12H12O3. The van der Waals surface area contributed by atoms with E-state index in [2.05, 4.69) is 0 Å². The minimum absolute atomic E-state index is 0.125. The third-order valence-corrected chi connectivity index (χ3v) is 2.91. The Balaban J connectivity index is 1.85. The topological polar surface area (TPSA) is 38.8 Å². The second kappa shape index (κ2) is 3.07. The number of fused-ring (bicyclic) bond motifs is 1. The van der Waals surface area contributed by atoms with E-state index in [1.54, 1.807) is 0 Å². The van der Waals surface area contributed by atoms with E-state index in [1.807, 2.05) is 25.1 Å². The Labute approximate surface area is 88.0 Å². The van der Waals surface area contributed by atoms with Crippen molar-refractivity contribution in [2.75, 3.05) is 0 Å². The van der Waals surface area contributed by atoms with Crippen LogP contribution in [0.3, 0.4) is 0 Å². The van der Waals surface area contributed by atoms with Crippen molar-refractivity contribution in [3.05, 3.63) is 29.3 Å². The van der Waals surface area contributed by atoms with E-state index >= 15 is 0 Å². The van der Waals surface area contributed by atoms with Crippen molar-refractivity contribution in [2.24, 2.45) is 0 Å². The van der Waals surface area contributed by atoms with Crippen LogP contribution >= 0.6 is 0 Å². The van der Waals surface area contributed by atoms with Crippen LogP contribution in [0.1, 0.15) is 29.3 Å². The molecule has 0 saturated carbocycles. The summed E-state index contributed by atoms with van der Waals surface area (Å²) in [5, 5.41) is 0. The molecule has 3 nitrogen and oxygen atoms in total. The first-order valence-corrected chi connectivity index (χ1v) is 5.22. The summed E-state index contributed by atoms with van der Waals surface area (Å²) in [4.78, 5) is 11.5. The van der Waals surface area contributed by atoms with Crippen LogP contribution in [0.15, 0.2) is 18.2 Å². The SMILES string of the molecule is CC1OC1Oc1ccc2c(c1)C(=O)CC2. The molecule has 1 saturated heterocycles. The maximum absolute atomic E-state index is 11.5. The monoisotopic (exact) mass is 204 g/mol. The van der Waals surface area contributed by atoms with Crippen molar-refractivity contribution in [2.45, 2.75) is 32.2 Å². The van der Waals surface area contributed by atoms with E-state index in [0.29, 0.717) is 6.42 Å². The van der Waals surface area contributed by atoms with E-state index in [0.717, 1.165) is 23.3 Å². The molecule has 3 rings (SSSR count). The van der Waals surface area contributed by atoms with Gasteiger partial charge < -0.3 is 9.47 Å². The van der Waals surface area contributed by atoms with E-state index in [9.17, 15) is 4.79 Å². The van der Waals surface area contributed by atoms with Gasteiger partial charge in [-0.05, 0) is 31.0 Å². The molecule has 2 atom stereocenters. The van der Waals surface area contributed by atoms with Crippen LogP contribution in [0.25, 0.3) is 0 Å². The molecule has 1 aromatic rings. The fourth-order valence-corrected chi connectivity index (χ4v) is 1.91. The summed E-state index contributed by atoms with van der Waals surface area (Å²) in [7, 11) is 0. The molecule has 2 aliphatic rings. The Bertz CT molecular complexity index is 425. The van der Waals surface area contributed by atoms with Gasteiger partial charge in [0.05, 0.1) is 0 Å². The summed E-state index contributed by atoms with van der Waals surface area (Å²) >= 11 is 0. The van der Waals surface area contributed by atoms with E-state index < -0.39 is 0 Å². The van der Waals surface area contributed by atoms with Crippen molar-refractivity contribution in [3.63, 3.8) is 0 Å². The van der Waals surface area contributed by atoms with Crippen molar-refractivity contribution in [3.8, 4) is 5.75 Å². The number of epoxide rings is 1. The lowest BCUT2D eigenvalue weighted by atomic mass is 10.1. The third kappa shape index (κ3) is 1.53. The molecule has 1 aromatic carbocycles. The molecule has 0 spiro atoms. The van der Waals surface area contributed by atoms with Gasteiger partial charge in [-0.25, -0.2) is 0 Å². The lowest BCUT2D eigenvalue weighted by Gasteiger charge is -2.04. The highest BCUT2D eigenvalue weighted by Gasteiger charge is 2.37. The summed E-state index contributed by atoms with van der Waals surface area (Å²) in [6.45, 7) is 1.96. The molecule has 0 radical (unpaired) electrons. The summed E-state index contributed by atoms with van der Waals surface area (Å²) < 4.78 is 10.7. The van der Waals surface area contributed by atoms with Crippen LogP contribution in [0.5, 0.6) is 5.75 Å². The van der Waals surface area contributed by atoms with Gasteiger partial charge >= 0.3 is 0 Å². The van der Waals surface area contributed by atoms with E-state index in [1.165, 1.54) is 0 Å². The maximum atomic E-state index is 11.5. The molecule has 0 aromatic heterocycles. The fraction of sp³-hybridized carbons (Fsp3) is 0.417. The van der Waals surface area contributed by atoms with Crippen LogP contribution in [0.2, 0.25) is 0 Å². The van der Waals surface area contributed by atoms with Crippen LogP contribution in [-0.2, 0) is 11.2 Å². The van der Waals surface area contributed by atoms with Gasteiger partial charge in [0.1, 0.15) is 11.9 Å². The molecule has 0 bridgehead atoms. The first-order valence-electron chi connectivity index (χ1n) is 5.22. The molecule has 1 aliphatic heterocycles. The largest absolute Gasteiger partial charge is 0.462 e. The summed E-state index contributed by atoms with van der Waals surface area (Å²) in [6, 6.07) is 5.72. The molecule has 0 N–H and O–H groups in total. The van der Waals surface area contributed by atoms with Crippen molar-refractivity contribution in [1.29, 1.82) is 0 Å². The first kappa shape index (κ1) is 8.92. The Kier molecular flexibility index (Phi) is 1.83. The Morgan fingerprint density at radius 3 is 2.93 bits per heavy atom. The van der Waals surface area contributed by atoms with Crippen LogP contribution < -0.4 is 4.74 Å². The van der Waals surface area contributed by atoms with Crippen molar-refractivity contribution >= 4 is 5.78 Å².